The first-order chi connectivity index (χ1) is 9.75. The van der Waals surface area contributed by atoms with E-state index in [0.717, 1.165) is 31.6 Å². The SMILES string of the molecule is O=C(O)c1cc(-c2ccccc2C2CCOCC2)on1. The monoisotopic (exact) mass is 273 g/mol. The molecule has 1 aliphatic heterocycles. The number of rotatable bonds is 3. The van der Waals surface area contributed by atoms with E-state index < -0.39 is 5.97 Å². The Hall–Kier alpha value is -2.14. The zero-order valence-corrected chi connectivity index (χ0v) is 10.9. The summed E-state index contributed by atoms with van der Waals surface area (Å²) in [4.78, 5) is 10.9. The van der Waals surface area contributed by atoms with Gasteiger partial charge in [0, 0.05) is 24.8 Å². The lowest BCUT2D eigenvalue weighted by atomic mass is 9.87. The standard InChI is InChI=1S/C15H15NO4/c17-15(18)13-9-14(20-16-13)12-4-2-1-3-11(12)10-5-7-19-8-6-10/h1-4,9-10H,5-8H2,(H,17,18). The van der Waals surface area contributed by atoms with Crippen molar-refractivity contribution in [3.8, 4) is 11.3 Å². The molecule has 1 aliphatic rings. The van der Waals surface area contributed by atoms with Crippen LogP contribution in [0.1, 0.15) is 34.8 Å². The highest BCUT2D eigenvalue weighted by atomic mass is 16.5. The van der Waals surface area contributed by atoms with Gasteiger partial charge in [0.15, 0.2) is 11.5 Å². The molecule has 0 aliphatic carbocycles. The molecule has 0 radical (unpaired) electrons. The van der Waals surface area contributed by atoms with Gasteiger partial charge in [-0.1, -0.05) is 29.4 Å². The van der Waals surface area contributed by atoms with Crippen molar-refractivity contribution in [2.45, 2.75) is 18.8 Å². The molecule has 0 amide bonds. The van der Waals surface area contributed by atoms with Gasteiger partial charge < -0.3 is 14.4 Å². The van der Waals surface area contributed by atoms with E-state index in [2.05, 4.69) is 11.2 Å². The molecule has 5 nitrogen and oxygen atoms in total. The minimum Gasteiger partial charge on any atom is -0.476 e. The summed E-state index contributed by atoms with van der Waals surface area (Å²) in [5, 5.41) is 12.5. The number of carbonyl (C=O) groups is 1. The summed E-state index contributed by atoms with van der Waals surface area (Å²) in [7, 11) is 0. The predicted molar refractivity (Wildman–Crippen MR) is 71.7 cm³/mol. The summed E-state index contributed by atoms with van der Waals surface area (Å²) in [5.41, 5.74) is 2.02. The predicted octanol–water partition coefficient (Wildman–Crippen LogP) is 2.93. The van der Waals surface area contributed by atoms with Crippen LogP contribution in [0.4, 0.5) is 0 Å². The fraction of sp³-hybridized carbons (Fsp3) is 0.333. The highest BCUT2D eigenvalue weighted by molar-refractivity contribution is 5.86. The summed E-state index contributed by atoms with van der Waals surface area (Å²) >= 11 is 0. The maximum atomic E-state index is 10.9. The van der Waals surface area contributed by atoms with Crippen molar-refractivity contribution in [2.75, 3.05) is 13.2 Å². The van der Waals surface area contributed by atoms with Crippen LogP contribution in [0.5, 0.6) is 0 Å². The summed E-state index contributed by atoms with van der Waals surface area (Å²) in [6.07, 6.45) is 1.94. The van der Waals surface area contributed by atoms with Gasteiger partial charge in [-0.05, 0) is 24.3 Å². The molecule has 104 valence electrons. The second kappa shape index (κ2) is 5.46. The van der Waals surface area contributed by atoms with E-state index in [1.165, 1.54) is 11.6 Å². The Kier molecular flexibility index (Phi) is 3.52. The Morgan fingerprint density at radius 2 is 2.00 bits per heavy atom. The molecule has 1 aromatic heterocycles. The number of hydrogen-bond donors (Lipinski definition) is 1. The zero-order chi connectivity index (χ0) is 13.9. The Morgan fingerprint density at radius 3 is 2.70 bits per heavy atom. The van der Waals surface area contributed by atoms with Crippen LogP contribution in [-0.2, 0) is 4.74 Å². The van der Waals surface area contributed by atoms with Gasteiger partial charge >= 0.3 is 5.97 Å². The van der Waals surface area contributed by atoms with Gasteiger partial charge in [-0.15, -0.1) is 0 Å². The molecular weight excluding hydrogens is 258 g/mol. The van der Waals surface area contributed by atoms with Crippen LogP contribution in [0.3, 0.4) is 0 Å². The molecule has 1 N–H and O–H groups in total. The molecule has 1 saturated heterocycles. The molecule has 3 rings (SSSR count). The third-order valence-corrected chi connectivity index (χ3v) is 3.62. The molecule has 2 aromatic rings. The number of hydrogen-bond acceptors (Lipinski definition) is 4. The quantitative estimate of drug-likeness (QED) is 0.930. The first kappa shape index (κ1) is 12.9. The van der Waals surface area contributed by atoms with E-state index >= 15 is 0 Å². The summed E-state index contributed by atoms with van der Waals surface area (Å²) in [6, 6.07) is 9.38. The van der Waals surface area contributed by atoms with Crippen molar-refractivity contribution in [2.24, 2.45) is 0 Å². The number of aromatic nitrogens is 1. The molecule has 20 heavy (non-hydrogen) atoms. The van der Waals surface area contributed by atoms with Crippen LogP contribution in [0.2, 0.25) is 0 Å². The van der Waals surface area contributed by atoms with Crippen LogP contribution in [0, 0.1) is 0 Å². The average molecular weight is 273 g/mol. The first-order valence-electron chi connectivity index (χ1n) is 6.63. The molecule has 0 unspecified atom stereocenters. The van der Waals surface area contributed by atoms with Gasteiger partial charge in [0.05, 0.1) is 0 Å². The maximum Gasteiger partial charge on any atom is 0.358 e. The van der Waals surface area contributed by atoms with E-state index in [9.17, 15) is 4.79 Å². The normalized spacial score (nSPS) is 16.2. The van der Waals surface area contributed by atoms with E-state index in [0.29, 0.717) is 11.7 Å². The van der Waals surface area contributed by atoms with Crippen molar-refractivity contribution >= 4 is 5.97 Å². The number of aromatic carboxylic acids is 1. The molecule has 5 heteroatoms. The van der Waals surface area contributed by atoms with Gasteiger partial charge in [0.1, 0.15) is 0 Å². The van der Waals surface area contributed by atoms with Crippen molar-refractivity contribution < 1.29 is 19.2 Å². The lowest BCUT2D eigenvalue weighted by molar-refractivity contribution is 0.0685. The topological polar surface area (TPSA) is 72.6 Å². The molecule has 0 atom stereocenters. The Balaban J connectivity index is 1.97. The highest BCUT2D eigenvalue weighted by Gasteiger charge is 2.21. The molecule has 2 heterocycles. The number of carboxylic acids is 1. The van der Waals surface area contributed by atoms with Crippen LogP contribution in [0.25, 0.3) is 11.3 Å². The number of ether oxygens (including phenoxy) is 1. The lowest BCUT2D eigenvalue weighted by Crippen LogP contribution is -2.14. The largest absolute Gasteiger partial charge is 0.476 e. The minimum atomic E-state index is -1.08. The second-order valence-electron chi connectivity index (χ2n) is 4.86. The van der Waals surface area contributed by atoms with Crippen LogP contribution in [-0.4, -0.2) is 29.4 Å². The smallest absolute Gasteiger partial charge is 0.358 e. The molecule has 0 bridgehead atoms. The Bertz CT molecular complexity index is 614. The van der Waals surface area contributed by atoms with Crippen LogP contribution in [0.15, 0.2) is 34.9 Å². The van der Waals surface area contributed by atoms with Gasteiger partial charge in [-0.25, -0.2) is 4.79 Å². The lowest BCUT2D eigenvalue weighted by Gasteiger charge is -2.23. The fourth-order valence-corrected chi connectivity index (χ4v) is 2.59. The molecule has 0 saturated carbocycles. The van der Waals surface area contributed by atoms with Gasteiger partial charge in [0.2, 0.25) is 0 Å². The minimum absolute atomic E-state index is 0.0678. The van der Waals surface area contributed by atoms with Crippen molar-refractivity contribution in [1.29, 1.82) is 0 Å². The molecule has 0 spiro atoms. The summed E-state index contributed by atoms with van der Waals surface area (Å²) in [6.45, 7) is 1.52. The van der Waals surface area contributed by atoms with Crippen molar-refractivity contribution in [1.82, 2.24) is 5.16 Å². The average Bonchev–Trinajstić information content (AvgIpc) is 2.98. The Morgan fingerprint density at radius 1 is 1.25 bits per heavy atom. The van der Waals surface area contributed by atoms with Crippen molar-refractivity contribution in [3.63, 3.8) is 0 Å². The van der Waals surface area contributed by atoms with E-state index in [1.807, 2.05) is 18.2 Å². The van der Waals surface area contributed by atoms with Crippen LogP contribution >= 0.6 is 0 Å². The molecular formula is C15H15NO4. The van der Waals surface area contributed by atoms with Crippen molar-refractivity contribution in [3.05, 3.63) is 41.6 Å². The van der Waals surface area contributed by atoms with Gasteiger partial charge in [-0.2, -0.15) is 0 Å². The van der Waals surface area contributed by atoms with E-state index in [1.54, 1.807) is 0 Å². The maximum absolute atomic E-state index is 10.9. The fourth-order valence-electron chi connectivity index (χ4n) is 2.59. The Labute approximate surface area is 116 Å². The van der Waals surface area contributed by atoms with Gasteiger partial charge in [-0.3, -0.25) is 0 Å². The second-order valence-corrected chi connectivity index (χ2v) is 4.86. The number of carboxylic acid groups (broad SMARTS) is 1. The summed E-state index contributed by atoms with van der Waals surface area (Å²) in [5.74, 6) is -0.161. The van der Waals surface area contributed by atoms with Crippen LogP contribution < -0.4 is 0 Å². The summed E-state index contributed by atoms with van der Waals surface area (Å²) < 4.78 is 10.6. The number of nitrogens with zero attached hydrogens (tertiary/aromatic N) is 1. The highest BCUT2D eigenvalue weighted by Crippen LogP contribution is 2.34. The zero-order valence-electron chi connectivity index (χ0n) is 10.9. The molecule has 1 fully saturated rings. The first-order valence-corrected chi connectivity index (χ1v) is 6.63. The molecule has 1 aromatic carbocycles. The third kappa shape index (κ3) is 2.44. The third-order valence-electron chi connectivity index (χ3n) is 3.62. The van der Waals surface area contributed by atoms with E-state index in [4.69, 9.17) is 14.4 Å². The van der Waals surface area contributed by atoms with Gasteiger partial charge in [0.25, 0.3) is 0 Å². The number of benzene rings is 1. The van der Waals surface area contributed by atoms with E-state index in [-0.39, 0.29) is 5.69 Å².